The van der Waals surface area contributed by atoms with Crippen molar-refractivity contribution in [2.45, 2.75) is 26.3 Å². The molecule has 0 fully saturated rings. The van der Waals surface area contributed by atoms with Crippen molar-refractivity contribution in [1.29, 1.82) is 0 Å². The molecule has 0 spiro atoms. The molecular formula is C22H20N4S. The van der Waals surface area contributed by atoms with Crippen molar-refractivity contribution in [1.82, 2.24) is 14.4 Å². The van der Waals surface area contributed by atoms with Crippen LogP contribution >= 0.6 is 11.3 Å². The Kier molecular flexibility index (Phi) is 4.43. The standard InChI is InChI=1S/C22H20N4S/c1-22(2,3)25-21-20(24-19-15-23-13-14-26(19)21)18-12-11-17(27-18)10-9-16-7-5-4-6-8-16/h4-8,11-15,25H,1-3H3. The number of nitrogens with one attached hydrogen (secondary N) is 1. The van der Waals surface area contributed by atoms with Gasteiger partial charge in [0.1, 0.15) is 11.5 Å². The van der Waals surface area contributed by atoms with E-state index in [2.05, 4.69) is 55.0 Å². The fourth-order valence-corrected chi connectivity index (χ4v) is 3.59. The lowest BCUT2D eigenvalue weighted by atomic mass is 10.1. The van der Waals surface area contributed by atoms with Gasteiger partial charge in [-0.3, -0.25) is 9.38 Å². The molecule has 0 unspecified atom stereocenters. The summed E-state index contributed by atoms with van der Waals surface area (Å²) < 4.78 is 2.04. The molecule has 0 aliphatic carbocycles. The number of rotatable bonds is 2. The minimum atomic E-state index is -0.0822. The van der Waals surface area contributed by atoms with Gasteiger partial charge in [-0.1, -0.05) is 30.0 Å². The van der Waals surface area contributed by atoms with Crippen molar-refractivity contribution < 1.29 is 0 Å². The summed E-state index contributed by atoms with van der Waals surface area (Å²) in [5, 5.41) is 3.58. The molecule has 134 valence electrons. The van der Waals surface area contributed by atoms with E-state index < -0.39 is 0 Å². The summed E-state index contributed by atoms with van der Waals surface area (Å²) in [5.41, 5.74) is 2.68. The normalized spacial score (nSPS) is 11.2. The Labute approximate surface area is 162 Å². The number of nitrogens with zero attached hydrogens (tertiary/aromatic N) is 3. The zero-order valence-corrected chi connectivity index (χ0v) is 16.3. The average Bonchev–Trinajstić information content (AvgIpc) is 3.25. The lowest BCUT2D eigenvalue weighted by molar-refractivity contribution is 0.629. The molecule has 4 nitrogen and oxygen atoms in total. The number of aromatic nitrogens is 3. The van der Waals surface area contributed by atoms with Gasteiger partial charge in [-0.15, -0.1) is 11.3 Å². The maximum atomic E-state index is 4.80. The molecule has 0 aliphatic rings. The van der Waals surface area contributed by atoms with Crippen LogP contribution in [-0.2, 0) is 0 Å². The highest BCUT2D eigenvalue weighted by atomic mass is 32.1. The van der Waals surface area contributed by atoms with E-state index in [0.29, 0.717) is 0 Å². The number of anilines is 1. The SMILES string of the molecule is CC(C)(C)Nc1c(-c2ccc(C#Cc3ccccc3)s2)nc2cnccn12. The molecule has 0 saturated heterocycles. The van der Waals surface area contributed by atoms with Crippen LogP contribution in [0.15, 0.2) is 61.1 Å². The Morgan fingerprint density at radius 1 is 1.04 bits per heavy atom. The smallest absolute Gasteiger partial charge is 0.157 e. The summed E-state index contributed by atoms with van der Waals surface area (Å²) in [6, 6.07) is 14.2. The Bertz CT molecular complexity index is 1140. The van der Waals surface area contributed by atoms with E-state index >= 15 is 0 Å². The van der Waals surface area contributed by atoms with E-state index in [1.807, 2.05) is 40.9 Å². The van der Waals surface area contributed by atoms with Crippen LogP contribution in [0.2, 0.25) is 0 Å². The second-order valence-electron chi connectivity index (χ2n) is 7.27. The summed E-state index contributed by atoms with van der Waals surface area (Å²) in [6.45, 7) is 6.42. The predicted molar refractivity (Wildman–Crippen MR) is 112 cm³/mol. The summed E-state index contributed by atoms with van der Waals surface area (Å²) >= 11 is 1.65. The van der Waals surface area contributed by atoms with E-state index in [0.717, 1.165) is 32.5 Å². The molecule has 27 heavy (non-hydrogen) atoms. The Hall–Kier alpha value is -3.10. The summed E-state index contributed by atoms with van der Waals surface area (Å²) in [4.78, 5) is 11.1. The minimum absolute atomic E-state index is 0.0822. The van der Waals surface area contributed by atoms with Gasteiger partial charge < -0.3 is 5.32 Å². The molecular weight excluding hydrogens is 352 g/mol. The molecule has 0 bridgehead atoms. The quantitative estimate of drug-likeness (QED) is 0.500. The van der Waals surface area contributed by atoms with Gasteiger partial charge in [0.05, 0.1) is 16.0 Å². The maximum absolute atomic E-state index is 4.80. The number of benzene rings is 1. The molecule has 0 atom stereocenters. The second-order valence-corrected chi connectivity index (χ2v) is 8.35. The molecule has 0 saturated carbocycles. The van der Waals surface area contributed by atoms with Crippen molar-refractivity contribution in [2.75, 3.05) is 5.32 Å². The van der Waals surface area contributed by atoms with Crippen molar-refractivity contribution in [2.24, 2.45) is 0 Å². The minimum Gasteiger partial charge on any atom is -0.365 e. The van der Waals surface area contributed by atoms with Gasteiger partial charge in [-0.05, 0) is 45.0 Å². The number of imidazole rings is 1. The Morgan fingerprint density at radius 2 is 1.85 bits per heavy atom. The van der Waals surface area contributed by atoms with Gasteiger partial charge in [-0.2, -0.15) is 0 Å². The van der Waals surface area contributed by atoms with Crippen molar-refractivity contribution in [3.05, 3.63) is 71.5 Å². The molecule has 1 aromatic carbocycles. The second kappa shape index (κ2) is 6.90. The number of hydrogen-bond acceptors (Lipinski definition) is 4. The molecule has 0 amide bonds. The van der Waals surface area contributed by atoms with Crippen LogP contribution in [0, 0.1) is 11.8 Å². The van der Waals surface area contributed by atoms with Crippen LogP contribution in [0.25, 0.3) is 16.2 Å². The highest BCUT2D eigenvalue weighted by molar-refractivity contribution is 7.16. The molecule has 4 rings (SSSR count). The average molecular weight is 372 g/mol. The fourth-order valence-electron chi connectivity index (χ4n) is 2.74. The summed E-state index contributed by atoms with van der Waals surface area (Å²) in [7, 11) is 0. The first-order chi connectivity index (χ1) is 13.0. The Balaban J connectivity index is 1.74. The Morgan fingerprint density at radius 3 is 2.63 bits per heavy atom. The lowest BCUT2D eigenvalue weighted by Crippen LogP contribution is -2.27. The first kappa shape index (κ1) is 17.3. The summed E-state index contributed by atoms with van der Waals surface area (Å²) in [5.74, 6) is 7.44. The number of thiophene rings is 1. The van der Waals surface area contributed by atoms with E-state index in [4.69, 9.17) is 4.98 Å². The van der Waals surface area contributed by atoms with E-state index in [9.17, 15) is 0 Å². The molecule has 5 heteroatoms. The maximum Gasteiger partial charge on any atom is 0.157 e. The van der Waals surface area contributed by atoms with Crippen LogP contribution in [0.5, 0.6) is 0 Å². The van der Waals surface area contributed by atoms with E-state index in [1.165, 1.54) is 0 Å². The van der Waals surface area contributed by atoms with Crippen molar-refractivity contribution in [3.8, 4) is 22.4 Å². The first-order valence-electron chi connectivity index (χ1n) is 8.77. The van der Waals surface area contributed by atoms with Gasteiger partial charge in [-0.25, -0.2) is 4.98 Å². The van der Waals surface area contributed by atoms with Crippen LogP contribution in [0.1, 0.15) is 31.2 Å². The third-order valence-electron chi connectivity index (χ3n) is 3.87. The first-order valence-corrected chi connectivity index (χ1v) is 9.59. The van der Waals surface area contributed by atoms with Crippen molar-refractivity contribution >= 4 is 22.8 Å². The largest absolute Gasteiger partial charge is 0.365 e. The van der Waals surface area contributed by atoms with E-state index in [-0.39, 0.29) is 5.54 Å². The molecule has 3 heterocycles. The third-order valence-corrected chi connectivity index (χ3v) is 4.87. The van der Waals surface area contributed by atoms with Crippen molar-refractivity contribution in [3.63, 3.8) is 0 Å². The van der Waals surface area contributed by atoms with Crippen LogP contribution < -0.4 is 5.32 Å². The van der Waals surface area contributed by atoms with Crippen LogP contribution in [-0.4, -0.2) is 19.9 Å². The van der Waals surface area contributed by atoms with Gasteiger partial charge in [0.25, 0.3) is 0 Å². The summed E-state index contributed by atoms with van der Waals surface area (Å²) in [6.07, 6.45) is 5.49. The molecule has 1 N–H and O–H groups in total. The number of hydrogen-bond donors (Lipinski definition) is 1. The van der Waals surface area contributed by atoms with Crippen LogP contribution in [0.3, 0.4) is 0 Å². The lowest BCUT2D eigenvalue weighted by Gasteiger charge is -2.22. The monoisotopic (exact) mass is 372 g/mol. The fraction of sp³-hybridized carbons (Fsp3) is 0.182. The van der Waals surface area contributed by atoms with Gasteiger partial charge in [0.15, 0.2) is 5.65 Å². The molecule has 0 radical (unpaired) electrons. The van der Waals surface area contributed by atoms with E-state index in [1.54, 1.807) is 23.7 Å². The molecule has 0 aliphatic heterocycles. The van der Waals surface area contributed by atoms with Gasteiger partial charge in [0.2, 0.25) is 0 Å². The zero-order valence-electron chi connectivity index (χ0n) is 15.5. The number of fused-ring (bicyclic) bond motifs is 1. The third kappa shape index (κ3) is 3.86. The zero-order chi connectivity index (χ0) is 18.9. The highest BCUT2D eigenvalue weighted by Crippen LogP contribution is 2.34. The predicted octanol–water partition coefficient (Wildman–Crippen LogP) is 5.07. The van der Waals surface area contributed by atoms with Gasteiger partial charge >= 0.3 is 0 Å². The topological polar surface area (TPSA) is 42.2 Å². The molecule has 3 aromatic heterocycles. The van der Waals surface area contributed by atoms with Crippen LogP contribution in [0.4, 0.5) is 5.82 Å². The highest BCUT2D eigenvalue weighted by Gasteiger charge is 2.20. The molecule has 4 aromatic rings. The van der Waals surface area contributed by atoms with Gasteiger partial charge in [0, 0.05) is 23.5 Å².